The van der Waals surface area contributed by atoms with Gasteiger partial charge in [-0.2, -0.15) is 0 Å². The zero-order chi connectivity index (χ0) is 24.4. The molecule has 34 heavy (non-hydrogen) atoms. The number of amides is 1. The zero-order valence-corrected chi connectivity index (χ0v) is 18.4. The molecule has 2 atom stereocenters. The van der Waals surface area contributed by atoms with E-state index >= 15 is 4.39 Å². The van der Waals surface area contributed by atoms with Gasteiger partial charge in [0.2, 0.25) is 0 Å². The highest BCUT2D eigenvalue weighted by Crippen LogP contribution is 2.43. The lowest BCUT2D eigenvalue weighted by Crippen LogP contribution is -2.26. The van der Waals surface area contributed by atoms with Gasteiger partial charge in [0, 0.05) is 41.2 Å². The summed E-state index contributed by atoms with van der Waals surface area (Å²) < 4.78 is 56.9. The van der Waals surface area contributed by atoms with Crippen molar-refractivity contribution in [3.63, 3.8) is 0 Å². The number of carbonyl (C=O) groups is 1. The van der Waals surface area contributed by atoms with Crippen LogP contribution < -0.4 is 10.2 Å². The van der Waals surface area contributed by atoms with Crippen molar-refractivity contribution in [2.24, 2.45) is 0 Å². The second-order valence-electron chi connectivity index (χ2n) is 7.93. The summed E-state index contributed by atoms with van der Waals surface area (Å²) in [6, 6.07) is 4.94. The number of methoxy groups -OCH3 is 1. The minimum Gasteiger partial charge on any atom is -0.497 e. The maximum Gasteiger partial charge on any atom is 0.293 e. The Morgan fingerprint density at radius 1 is 1.21 bits per heavy atom. The van der Waals surface area contributed by atoms with Crippen LogP contribution in [0, 0.1) is 17.5 Å². The van der Waals surface area contributed by atoms with Crippen LogP contribution in [0.15, 0.2) is 36.7 Å². The van der Waals surface area contributed by atoms with Gasteiger partial charge in [0.15, 0.2) is 5.82 Å². The molecule has 178 valence electrons. The topological polar surface area (TPSA) is 93.6 Å². The molecular formula is C24H22F3N3O4. The average Bonchev–Trinajstić information content (AvgIpc) is 2.84. The van der Waals surface area contributed by atoms with Crippen LogP contribution in [0.25, 0.3) is 22.4 Å². The van der Waals surface area contributed by atoms with E-state index in [-0.39, 0.29) is 23.0 Å². The Hall–Kier alpha value is -3.50. The Kier molecular flexibility index (Phi) is 6.80. The van der Waals surface area contributed by atoms with Crippen molar-refractivity contribution in [3.8, 4) is 28.1 Å². The highest BCUT2D eigenvalue weighted by molar-refractivity contribution is 6.00. The first kappa shape index (κ1) is 23.7. The fraction of sp³-hybridized carbons (Fsp3) is 0.292. The van der Waals surface area contributed by atoms with Crippen LogP contribution in [-0.2, 0) is 4.74 Å². The second kappa shape index (κ2) is 9.78. The molecule has 0 bridgehead atoms. The molecule has 3 heterocycles. The van der Waals surface area contributed by atoms with Crippen molar-refractivity contribution in [2.45, 2.75) is 38.4 Å². The molecule has 1 aliphatic heterocycles. The van der Waals surface area contributed by atoms with Gasteiger partial charge in [-0.3, -0.25) is 15.0 Å². The Morgan fingerprint density at radius 2 is 1.94 bits per heavy atom. The number of halogens is 3. The summed E-state index contributed by atoms with van der Waals surface area (Å²) in [6.07, 6.45) is 3.73. The molecular weight excluding hydrogens is 451 g/mol. The first-order valence-corrected chi connectivity index (χ1v) is 10.6. The van der Waals surface area contributed by atoms with E-state index in [9.17, 15) is 18.8 Å². The molecule has 1 saturated heterocycles. The molecule has 1 amide bonds. The number of hydroxylamine groups is 1. The molecule has 3 aromatic rings. The third-order valence-corrected chi connectivity index (χ3v) is 5.72. The standard InChI is InChI=1S/C24H22F3N3O4/c1-12-5-3-7-17(34-12)20-18(13-6-4-8-28-11-13)23(24(31)30-32)29-22(21(20)27)19-15(25)9-14(33-2)10-16(19)26/h4,6,8-12,17,32H,3,5,7H2,1-2H3,(H,30,31). The first-order valence-electron chi connectivity index (χ1n) is 10.6. The fourth-order valence-corrected chi connectivity index (χ4v) is 4.18. The Bertz CT molecular complexity index is 1200. The van der Waals surface area contributed by atoms with Gasteiger partial charge in [-0.05, 0) is 32.3 Å². The number of nitrogens with zero attached hydrogens (tertiary/aromatic N) is 2. The molecule has 10 heteroatoms. The average molecular weight is 473 g/mol. The monoisotopic (exact) mass is 473 g/mol. The van der Waals surface area contributed by atoms with Gasteiger partial charge in [0.25, 0.3) is 5.91 Å². The van der Waals surface area contributed by atoms with Crippen LogP contribution in [0.4, 0.5) is 13.2 Å². The molecule has 1 aliphatic rings. The molecule has 0 radical (unpaired) electrons. The number of benzene rings is 1. The predicted molar refractivity (Wildman–Crippen MR) is 116 cm³/mol. The summed E-state index contributed by atoms with van der Waals surface area (Å²) in [5.74, 6) is -4.48. The Labute approximate surface area is 193 Å². The molecule has 2 unspecified atom stereocenters. The van der Waals surface area contributed by atoms with Crippen LogP contribution in [0.5, 0.6) is 5.75 Å². The van der Waals surface area contributed by atoms with E-state index < -0.39 is 46.4 Å². The van der Waals surface area contributed by atoms with Crippen molar-refractivity contribution in [1.82, 2.24) is 15.4 Å². The molecule has 2 aromatic heterocycles. The van der Waals surface area contributed by atoms with Gasteiger partial charge < -0.3 is 9.47 Å². The summed E-state index contributed by atoms with van der Waals surface area (Å²) in [7, 11) is 1.23. The minimum absolute atomic E-state index is 0.0225. The smallest absolute Gasteiger partial charge is 0.293 e. The molecule has 7 nitrogen and oxygen atoms in total. The van der Waals surface area contributed by atoms with Crippen LogP contribution in [0.2, 0.25) is 0 Å². The fourth-order valence-electron chi connectivity index (χ4n) is 4.18. The maximum atomic E-state index is 16.2. The number of aromatic nitrogens is 2. The molecule has 0 aliphatic carbocycles. The summed E-state index contributed by atoms with van der Waals surface area (Å²) in [5.41, 5.74) is -0.178. The lowest BCUT2D eigenvalue weighted by molar-refractivity contribution is -0.0427. The third-order valence-electron chi connectivity index (χ3n) is 5.72. The molecule has 0 saturated carbocycles. The maximum absolute atomic E-state index is 16.2. The predicted octanol–water partition coefficient (Wildman–Crippen LogP) is 4.99. The summed E-state index contributed by atoms with van der Waals surface area (Å²) in [6.45, 7) is 1.83. The normalized spacial score (nSPS) is 17.9. The van der Waals surface area contributed by atoms with Gasteiger partial charge in [0.1, 0.15) is 28.8 Å². The summed E-state index contributed by atoms with van der Waals surface area (Å²) in [4.78, 5) is 20.7. The number of hydrogen-bond acceptors (Lipinski definition) is 6. The van der Waals surface area contributed by atoms with Crippen molar-refractivity contribution in [3.05, 3.63) is 65.4 Å². The second-order valence-corrected chi connectivity index (χ2v) is 7.93. The summed E-state index contributed by atoms with van der Waals surface area (Å²) in [5, 5.41) is 9.37. The van der Waals surface area contributed by atoms with Gasteiger partial charge >= 0.3 is 0 Å². The van der Waals surface area contributed by atoms with Gasteiger partial charge in [-0.15, -0.1) is 0 Å². The van der Waals surface area contributed by atoms with E-state index in [1.807, 2.05) is 6.92 Å². The van der Waals surface area contributed by atoms with Crippen LogP contribution in [-0.4, -0.2) is 34.3 Å². The SMILES string of the molecule is COc1cc(F)c(-c2nc(C(=O)NO)c(-c3cccnc3)c(C3CCCC(C)O3)c2F)c(F)c1. The number of pyridine rings is 2. The number of carbonyl (C=O) groups excluding carboxylic acids is 1. The molecule has 1 fully saturated rings. The Morgan fingerprint density at radius 3 is 2.53 bits per heavy atom. The van der Waals surface area contributed by atoms with Gasteiger partial charge in [0.05, 0.1) is 24.9 Å². The number of nitrogens with one attached hydrogen (secondary N) is 1. The third kappa shape index (κ3) is 4.34. The minimum atomic E-state index is -1.13. The summed E-state index contributed by atoms with van der Waals surface area (Å²) >= 11 is 0. The largest absolute Gasteiger partial charge is 0.497 e. The highest BCUT2D eigenvalue weighted by Gasteiger charge is 2.34. The Balaban J connectivity index is 2.08. The van der Waals surface area contributed by atoms with Crippen molar-refractivity contribution in [1.29, 1.82) is 0 Å². The van der Waals surface area contributed by atoms with Crippen LogP contribution >= 0.6 is 0 Å². The number of hydrogen-bond donors (Lipinski definition) is 2. The van der Waals surface area contributed by atoms with Gasteiger partial charge in [-0.25, -0.2) is 23.6 Å². The van der Waals surface area contributed by atoms with E-state index in [1.165, 1.54) is 25.0 Å². The number of ether oxygens (including phenoxy) is 2. The van der Waals surface area contributed by atoms with E-state index in [0.717, 1.165) is 18.6 Å². The van der Waals surface area contributed by atoms with E-state index in [2.05, 4.69) is 9.97 Å². The first-order chi connectivity index (χ1) is 16.3. The van der Waals surface area contributed by atoms with E-state index in [4.69, 9.17) is 9.47 Å². The molecule has 4 rings (SSSR count). The van der Waals surface area contributed by atoms with Crippen molar-refractivity contribution < 1.29 is 32.6 Å². The molecule has 0 spiro atoms. The lowest BCUT2D eigenvalue weighted by atomic mass is 9.89. The van der Waals surface area contributed by atoms with E-state index in [1.54, 1.807) is 12.1 Å². The van der Waals surface area contributed by atoms with E-state index in [0.29, 0.717) is 18.4 Å². The lowest BCUT2D eigenvalue weighted by Gasteiger charge is -2.31. The number of rotatable bonds is 5. The van der Waals surface area contributed by atoms with Crippen LogP contribution in [0.1, 0.15) is 48.3 Å². The van der Waals surface area contributed by atoms with Crippen molar-refractivity contribution >= 4 is 5.91 Å². The highest BCUT2D eigenvalue weighted by atomic mass is 19.1. The quantitative estimate of drug-likeness (QED) is 0.401. The zero-order valence-electron chi connectivity index (χ0n) is 18.4. The van der Waals surface area contributed by atoms with Crippen LogP contribution in [0.3, 0.4) is 0 Å². The molecule has 2 N–H and O–H groups in total. The van der Waals surface area contributed by atoms with Crippen molar-refractivity contribution in [2.75, 3.05) is 7.11 Å². The van der Waals surface area contributed by atoms with Gasteiger partial charge in [-0.1, -0.05) is 6.07 Å². The molecule has 1 aromatic carbocycles.